The summed E-state index contributed by atoms with van der Waals surface area (Å²) in [4.78, 5) is 13.6. The lowest BCUT2D eigenvalue weighted by atomic mass is 10.2. The Balaban J connectivity index is 1.74. The molecule has 0 saturated carbocycles. The van der Waals surface area contributed by atoms with Gasteiger partial charge in [0, 0.05) is 38.2 Å². The molecule has 1 atom stereocenters. The monoisotopic (exact) mass is 380 g/mol. The van der Waals surface area contributed by atoms with E-state index < -0.39 is 10.0 Å². The van der Waals surface area contributed by atoms with Gasteiger partial charge in [-0.3, -0.25) is 9.30 Å². The summed E-state index contributed by atoms with van der Waals surface area (Å²) in [6.45, 7) is 1.27. The second-order valence-corrected chi connectivity index (χ2v) is 8.18. The Morgan fingerprint density at radius 1 is 1.32 bits per heavy atom. The van der Waals surface area contributed by atoms with Gasteiger partial charge in [0.2, 0.25) is 0 Å². The number of fused-ring (bicyclic) bond motifs is 1. The van der Waals surface area contributed by atoms with Gasteiger partial charge in [-0.25, -0.2) is 18.4 Å². The summed E-state index contributed by atoms with van der Waals surface area (Å²) in [5.41, 5.74) is 0.503. The number of nitrogens with one attached hydrogen (secondary N) is 1. The second-order valence-electron chi connectivity index (χ2n) is 5.97. The summed E-state index contributed by atoms with van der Waals surface area (Å²) < 4.78 is 29.4. The lowest BCUT2D eigenvalue weighted by molar-refractivity contribution is 0.142. The van der Waals surface area contributed by atoms with E-state index in [4.69, 9.17) is 11.6 Å². The van der Waals surface area contributed by atoms with E-state index in [1.165, 1.54) is 8.71 Å². The van der Waals surface area contributed by atoms with Crippen LogP contribution in [0, 0.1) is 0 Å². The molecule has 8 nitrogen and oxygen atoms in total. The number of aromatic amines is 1. The molecule has 0 spiro atoms. The maximum Gasteiger partial charge on any atom is 0.262 e. The number of halogens is 1. The normalized spacial score (nSPS) is 20.3. The first-order valence-electron chi connectivity index (χ1n) is 7.81. The van der Waals surface area contributed by atoms with Gasteiger partial charge >= 0.3 is 0 Å². The quantitative estimate of drug-likeness (QED) is 0.742. The van der Waals surface area contributed by atoms with Crippen LogP contribution < -0.4 is 0 Å². The molecule has 1 N–H and O–H groups in total. The number of hydrogen-bond donors (Lipinski definition) is 1. The predicted molar refractivity (Wildman–Crippen MR) is 92.9 cm³/mol. The maximum absolute atomic E-state index is 13.2. The Kier molecular flexibility index (Phi) is 4.03. The highest BCUT2D eigenvalue weighted by molar-refractivity contribution is 7.89. The van der Waals surface area contributed by atoms with Gasteiger partial charge in [-0.15, -0.1) is 0 Å². The molecule has 4 heterocycles. The van der Waals surface area contributed by atoms with Crippen LogP contribution in [0.2, 0.25) is 5.15 Å². The van der Waals surface area contributed by atoms with E-state index in [1.807, 2.05) is 7.05 Å². The molecule has 0 aliphatic carbocycles. The van der Waals surface area contributed by atoms with E-state index in [0.29, 0.717) is 25.3 Å². The molecule has 0 radical (unpaired) electrons. The van der Waals surface area contributed by atoms with E-state index >= 15 is 0 Å². The fraction of sp³-hybridized carbons (Fsp3) is 0.333. The van der Waals surface area contributed by atoms with Gasteiger partial charge < -0.3 is 4.98 Å². The molecule has 1 aliphatic heterocycles. The Morgan fingerprint density at radius 3 is 2.92 bits per heavy atom. The highest BCUT2D eigenvalue weighted by Crippen LogP contribution is 2.29. The van der Waals surface area contributed by atoms with Gasteiger partial charge in [-0.2, -0.15) is 4.31 Å². The lowest BCUT2D eigenvalue weighted by Crippen LogP contribution is -2.49. The average Bonchev–Trinajstić information content (AvgIpc) is 3.21. The number of nitrogens with zero attached hydrogens (tertiary/aromatic N) is 5. The van der Waals surface area contributed by atoms with Crippen LogP contribution in [-0.2, 0) is 10.0 Å². The zero-order valence-electron chi connectivity index (χ0n) is 13.5. The smallest absolute Gasteiger partial charge is 0.262 e. The molecule has 25 heavy (non-hydrogen) atoms. The largest absolute Gasteiger partial charge is 0.347 e. The molecule has 0 aromatic carbocycles. The number of pyridine rings is 1. The molecular formula is C15H17ClN6O2S. The topological polar surface area (TPSA) is 86.6 Å². The number of aromatic nitrogens is 4. The second kappa shape index (κ2) is 6.10. The molecule has 4 rings (SSSR count). The number of H-pyrrole nitrogens is 1. The molecule has 10 heteroatoms. The third-order valence-corrected chi connectivity index (χ3v) is 6.74. The van der Waals surface area contributed by atoms with Crippen molar-refractivity contribution in [1.29, 1.82) is 0 Å². The van der Waals surface area contributed by atoms with Crippen LogP contribution >= 0.6 is 11.6 Å². The predicted octanol–water partition coefficient (Wildman–Crippen LogP) is 1.39. The zero-order chi connectivity index (χ0) is 17.6. The van der Waals surface area contributed by atoms with Crippen LogP contribution in [0.3, 0.4) is 0 Å². The Morgan fingerprint density at radius 2 is 2.16 bits per heavy atom. The van der Waals surface area contributed by atoms with Crippen LogP contribution in [0.5, 0.6) is 0 Å². The SMILES string of the molecule is CN1CCN(S(=O)(=O)c2c(Cl)nc3ccccn23)CC1c1ncc[nH]1. The molecule has 0 amide bonds. The number of hydrogen-bond acceptors (Lipinski definition) is 5. The average molecular weight is 381 g/mol. The maximum atomic E-state index is 13.2. The summed E-state index contributed by atoms with van der Waals surface area (Å²) in [6, 6.07) is 5.12. The minimum absolute atomic E-state index is 0.00696. The molecule has 1 saturated heterocycles. The van der Waals surface area contributed by atoms with Crippen molar-refractivity contribution in [3.8, 4) is 0 Å². The number of piperazine rings is 1. The third-order valence-electron chi connectivity index (χ3n) is 4.48. The van der Waals surface area contributed by atoms with E-state index in [0.717, 1.165) is 5.82 Å². The van der Waals surface area contributed by atoms with Crippen molar-refractivity contribution in [1.82, 2.24) is 28.6 Å². The lowest BCUT2D eigenvalue weighted by Gasteiger charge is -2.37. The zero-order valence-corrected chi connectivity index (χ0v) is 15.1. The van der Waals surface area contributed by atoms with Gasteiger partial charge in [0.1, 0.15) is 11.5 Å². The standard InChI is InChI=1S/C15H17ClN6O2S/c1-20-8-9-21(10-11(20)14-17-5-6-18-14)25(23,24)15-13(16)19-12-4-2-3-7-22(12)15/h2-7,11H,8-10H2,1H3,(H,17,18). The number of likely N-dealkylation sites (N-methyl/N-ethyl adjacent to an activating group) is 1. The first-order valence-corrected chi connectivity index (χ1v) is 9.62. The van der Waals surface area contributed by atoms with Crippen molar-refractivity contribution in [2.75, 3.05) is 26.7 Å². The van der Waals surface area contributed by atoms with Crippen LogP contribution in [0.25, 0.3) is 5.65 Å². The van der Waals surface area contributed by atoms with Crippen molar-refractivity contribution in [2.45, 2.75) is 11.1 Å². The summed E-state index contributed by atoms with van der Waals surface area (Å²) in [7, 11) is -1.83. The number of imidazole rings is 2. The van der Waals surface area contributed by atoms with Crippen molar-refractivity contribution < 1.29 is 8.42 Å². The van der Waals surface area contributed by atoms with Gasteiger partial charge in [0.25, 0.3) is 10.0 Å². The van der Waals surface area contributed by atoms with Gasteiger partial charge in [0.05, 0.1) is 6.04 Å². The number of sulfonamides is 1. The Bertz CT molecular complexity index is 1000. The Labute approximate surface area is 150 Å². The third kappa shape index (κ3) is 2.73. The summed E-state index contributed by atoms with van der Waals surface area (Å²) in [5, 5.41) is -0.00723. The van der Waals surface area contributed by atoms with Crippen LogP contribution in [0.15, 0.2) is 41.8 Å². The van der Waals surface area contributed by atoms with E-state index in [1.54, 1.807) is 36.8 Å². The van der Waals surface area contributed by atoms with Crippen molar-refractivity contribution in [3.63, 3.8) is 0 Å². The van der Waals surface area contributed by atoms with Crippen molar-refractivity contribution >= 4 is 27.3 Å². The molecule has 1 unspecified atom stereocenters. The van der Waals surface area contributed by atoms with E-state index in [-0.39, 0.29) is 16.2 Å². The molecule has 1 aliphatic rings. The molecular weight excluding hydrogens is 364 g/mol. The van der Waals surface area contributed by atoms with Crippen LogP contribution in [0.1, 0.15) is 11.9 Å². The molecule has 132 valence electrons. The first kappa shape index (κ1) is 16.5. The van der Waals surface area contributed by atoms with Gasteiger partial charge in [-0.05, 0) is 19.2 Å². The van der Waals surface area contributed by atoms with Crippen molar-refractivity contribution in [2.24, 2.45) is 0 Å². The van der Waals surface area contributed by atoms with E-state index in [9.17, 15) is 8.42 Å². The minimum Gasteiger partial charge on any atom is -0.347 e. The van der Waals surface area contributed by atoms with Gasteiger partial charge in [-0.1, -0.05) is 17.7 Å². The first-order chi connectivity index (χ1) is 12.0. The van der Waals surface area contributed by atoms with E-state index in [2.05, 4.69) is 19.9 Å². The van der Waals surface area contributed by atoms with Crippen LogP contribution in [-0.4, -0.2) is 63.7 Å². The fourth-order valence-electron chi connectivity index (χ4n) is 3.12. The number of rotatable bonds is 3. The fourth-order valence-corrected chi connectivity index (χ4v) is 5.16. The highest BCUT2D eigenvalue weighted by Gasteiger charge is 2.37. The minimum atomic E-state index is -3.79. The summed E-state index contributed by atoms with van der Waals surface area (Å²) >= 11 is 6.17. The molecule has 1 fully saturated rings. The van der Waals surface area contributed by atoms with Crippen molar-refractivity contribution in [3.05, 3.63) is 47.8 Å². The van der Waals surface area contributed by atoms with Crippen LogP contribution in [0.4, 0.5) is 0 Å². The van der Waals surface area contributed by atoms with Gasteiger partial charge in [0.15, 0.2) is 10.2 Å². The molecule has 3 aromatic heterocycles. The summed E-state index contributed by atoms with van der Waals surface area (Å²) in [6.07, 6.45) is 5.05. The Hall–Kier alpha value is -1.94. The molecule has 0 bridgehead atoms. The highest BCUT2D eigenvalue weighted by atomic mass is 35.5. The summed E-state index contributed by atoms with van der Waals surface area (Å²) in [5.74, 6) is 0.742. The molecule has 3 aromatic rings.